The largest absolute Gasteiger partial charge is 0.497 e. The molecule has 0 heterocycles. The van der Waals surface area contributed by atoms with Gasteiger partial charge in [0, 0.05) is 39.6 Å². The van der Waals surface area contributed by atoms with Crippen LogP contribution in [0.4, 0.5) is 11.4 Å². The van der Waals surface area contributed by atoms with E-state index in [1.807, 2.05) is 52.5 Å². The van der Waals surface area contributed by atoms with Gasteiger partial charge in [0.25, 0.3) is 0 Å². The van der Waals surface area contributed by atoms with Crippen molar-refractivity contribution in [3.8, 4) is 5.75 Å². The van der Waals surface area contributed by atoms with Crippen LogP contribution in [0.15, 0.2) is 109 Å². The van der Waals surface area contributed by atoms with Crippen molar-refractivity contribution in [1.29, 1.82) is 0 Å². The summed E-state index contributed by atoms with van der Waals surface area (Å²) in [6.45, 7) is 0. The van der Waals surface area contributed by atoms with E-state index in [9.17, 15) is 5.11 Å². The third-order valence-electron chi connectivity index (χ3n) is 8.38. The summed E-state index contributed by atoms with van der Waals surface area (Å²) in [5, 5.41) is 15.7. The van der Waals surface area contributed by atoms with Crippen LogP contribution in [-0.2, 0) is 11.0 Å². The van der Waals surface area contributed by atoms with E-state index in [0.29, 0.717) is 0 Å². The predicted molar refractivity (Wildman–Crippen MR) is 161 cm³/mol. The molecular weight excluding hydrogens is 480 g/mol. The fraction of sp³-hybridized carbons (Fsp3) is 0.200. The lowest BCUT2D eigenvalue weighted by molar-refractivity contribution is 0.0364. The number of rotatable bonds is 6. The SMILES string of the molecule is COc1ccc(C2(O)c3cccc4cccc(c34)C2(c2ccc(N(C)C)cc2)c2ccc(N(C)C)cc2)cc1. The van der Waals surface area contributed by atoms with Crippen LogP contribution in [0.25, 0.3) is 10.8 Å². The van der Waals surface area contributed by atoms with Gasteiger partial charge in [0.05, 0.1) is 12.5 Å². The number of anilines is 2. The zero-order valence-corrected chi connectivity index (χ0v) is 23.1. The van der Waals surface area contributed by atoms with Crippen molar-refractivity contribution in [2.45, 2.75) is 11.0 Å². The monoisotopic (exact) mass is 514 g/mol. The van der Waals surface area contributed by atoms with Crippen molar-refractivity contribution >= 4 is 22.1 Å². The molecule has 5 aromatic rings. The van der Waals surface area contributed by atoms with Gasteiger partial charge < -0.3 is 19.6 Å². The smallest absolute Gasteiger partial charge is 0.133 e. The van der Waals surface area contributed by atoms with Crippen LogP contribution >= 0.6 is 0 Å². The molecule has 1 atom stereocenters. The first-order valence-corrected chi connectivity index (χ1v) is 13.3. The Morgan fingerprint density at radius 2 is 1.03 bits per heavy atom. The summed E-state index contributed by atoms with van der Waals surface area (Å²) in [5.74, 6) is 0.757. The van der Waals surface area contributed by atoms with E-state index in [2.05, 4.69) is 94.7 Å². The molecule has 4 nitrogen and oxygen atoms in total. The number of benzene rings is 5. The molecule has 1 aliphatic rings. The number of ether oxygens (including phenoxy) is 1. The summed E-state index contributed by atoms with van der Waals surface area (Å²) in [7, 11) is 9.85. The van der Waals surface area contributed by atoms with E-state index in [-0.39, 0.29) is 0 Å². The molecule has 1 aliphatic carbocycles. The van der Waals surface area contributed by atoms with Crippen LogP contribution < -0.4 is 14.5 Å². The van der Waals surface area contributed by atoms with Crippen LogP contribution in [0.3, 0.4) is 0 Å². The van der Waals surface area contributed by atoms with Crippen molar-refractivity contribution in [2.75, 3.05) is 45.1 Å². The molecular formula is C35H34N2O2. The lowest BCUT2D eigenvalue weighted by atomic mass is 9.59. The highest BCUT2D eigenvalue weighted by Crippen LogP contribution is 2.62. The second-order valence-electron chi connectivity index (χ2n) is 10.8. The van der Waals surface area contributed by atoms with Gasteiger partial charge in [0.1, 0.15) is 11.4 Å². The second-order valence-corrected chi connectivity index (χ2v) is 10.8. The molecule has 0 spiro atoms. The van der Waals surface area contributed by atoms with Gasteiger partial charge in [-0.2, -0.15) is 0 Å². The van der Waals surface area contributed by atoms with Gasteiger partial charge in [-0.05, 0) is 75.0 Å². The minimum Gasteiger partial charge on any atom is -0.497 e. The van der Waals surface area contributed by atoms with Crippen LogP contribution in [0.1, 0.15) is 27.8 Å². The number of methoxy groups -OCH3 is 1. The van der Waals surface area contributed by atoms with Gasteiger partial charge in [-0.1, -0.05) is 72.8 Å². The van der Waals surface area contributed by atoms with Gasteiger partial charge in [0.15, 0.2) is 0 Å². The summed E-state index contributed by atoms with van der Waals surface area (Å²) in [4.78, 5) is 4.20. The third-order valence-corrected chi connectivity index (χ3v) is 8.38. The third kappa shape index (κ3) is 3.48. The first kappa shape index (κ1) is 25.0. The molecule has 1 N–H and O–H groups in total. The average Bonchev–Trinajstić information content (AvgIpc) is 3.20. The van der Waals surface area contributed by atoms with Crippen molar-refractivity contribution in [1.82, 2.24) is 0 Å². The molecule has 0 bridgehead atoms. The lowest BCUT2D eigenvalue weighted by Gasteiger charge is -2.45. The highest BCUT2D eigenvalue weighted by molar-refractivity contribution is 5.97. The maximum absolute atomic E-state index is 13.5. The number of hydrogen-bond acceptors (Lipinski definition) is 4. The minimum atomic E-state index is -1.39. The van der Waals surface area contributed by atoms with Crippen LogP contribution in [0, 0.1) is 0 Å². The fourth-order valence-corrected chi connectivity index (χ4v) is 6.47. The van der Waals surface area contributed by atoms with E-state index < -0.39 is 11.0 Å². The predicted octanol–water partition coefficient (Wildman–Crippen LogP) is 6.56. The molecule has 4 heteroatoms. The van der Waals surface area contributed by atoms with Gasteiger partial charge >= 0.3 is 0 Å². The molecule has 0 radical (unpaired) electrons. The van der Waals surface area contributed by atoms with E-state index in [1.165, 1.54) is 0 Å². The lowest BCUT2D eigenvalue weighted by Crippen LogP contribution is -2.48. The molecule has 1 unspecified atom stereocenters. The summed E-state index contributed by atoms with van der Waals surface area (Å²) < 4.78 is 5.49. The summed E-state index contributed by atoms with van der Waals surface area (Å²) >= 11 is 0. The maximum Gasteiger partial charge on any atom is 0.133 e. The quantitative estimate of drug-likeness (QED) is 0.278. The normalized spacial score (nSPS) is 17.3. The number of aliphatic hydroxyl groups is 1. The van der Waals surface area contributed by atoms with Crippen molar-refractivity contribution in [3.05, 3.63) is 137 Å². The van der Waals surface area contributed by atoms with Crippen LogP contribution in [0.2, 0.25) is 0 Å². The standard InChI is InChI=1S/C35H34N2O2/c1-36(2)28-18-12-25(13-19-28)34(26-14-20-29(21-15-26)37(3)4)31-10-6-8-24-9-7-11-32(33(24)31)35(34,38)27-16-22-30(39-5)23-17-27/h6-23,38H,1-5H3. The Kier molecular flexibility index (Phi) is 5.89. The van der Waals surface area contributed by atoms with Crippen molar-refractivity contribution in [2.24, 2.45) is 0 Å². The molecule has 0 aliphatic heterocycles. The van der Waals surface area contributed by atoms with Gasteiger partial charge in [-0.3, -0.25) is 0 Å². The summed E-state index contributed by atoms with van der Waals surface area (Å²) in [6, 6.07) is 37.8. The highest BCUT2D eigenvalue weighted by Gasteiger charge is 2.61. The topological polar surface area (TPSA) is 35.9 Å². The van der Waals surface area contributed by atoms with E-state index in [4.69, 9.17) is 4.74 Å². The highest BCUT2D eigenvalue weighted by atomic mass is 16.5. The summed E-state index contributed by atoms with van der Waals surface area (Å²) in [6.07, 6.45) is 0. The second kappa shape index (κ2) is 9.18. The number of nitrogens with zero attached hydrogens (tertiary/aromatic N) is 2. The maximum atomic E-state index is 13.5. The Balaban J connectivity index is 1.76. The molecule has 5 aromatic carbocycles. The molecule has 39 heavy (non-hydrogen) atoms. The molecule has 0 fully saturated rings. The first-order valence-electron chi connectivity index (χ1n) is 13.3. The van der Waals surface area contributed by atoms with Gasteiger partial charge in [-0.15, -0.1) is 0 Å². The zero-order valence-electron chi connectivity index (χ0n) is 23.1. The van der Waals surface area contributed by atoms with Crippen molar-refractivity contribution < 1.29 is 9.84 Å². The van der Waals surface area contributed by atoms with E-state index in [0.717, 1.165) is 55.7 Å². The summed E-state index contributed by atoms with van der Waals surface area (Å²) in [5.41, 5.74) is 4.83. The Hall–Kier alpha value is -4.28. The Morgan fingerprint density at radius 3 is 1.49 bits per heavy atom. The number of hydrogen-bond donors (Lipinski definition) is 1. The van der Waals surface area contributed by atoms with Gasteiger partial charge in [0.2, 0.25) is 0 Å². The van der Waals surface area contributed by atoms with E-state index >= 15 is 0 Å². The van der Waals surface area contributed by atoms with Crippen LogP contribution in [0.5, 0.6) is 5.75 Å². The Bertz CT molecular complexity index is 1580. The first-order chi connectivity index (χ1) is 18.8. The Labute approximate surface area is 230 Å². The van der Waals surface area contributed by atoms with Crippen LogP contribution in [-0.4, -0.2) is 40.4 Å². The minimum absolute atomic E-state index is 0.757. The fourth-order valence-electron chi connectivity index (χ4n) is 6.47. The molecule has 0 saturated carbocycles. The molecule has 0 saturated heterocycles. The Morgan fingerprint density at radius 1 is 0.564 bits per heavy atom. The van der Waals surface area contributed by atoms with Crippen molar-refractivity contribution in [3.63, 3.8) is 0 Å². The molecule has 0 aromatic heterocycles. The molecule has 196 valence electrons. The van der Waals surface area contributed by atoms with E-state index in [1.54, 1.807) is 7.11 Å². The zero-order chi connectivity index (χ0) is 27.4. The molecule has 6 rings (SSSR count). The van der Waals surface area contributed by atoms with Gasteiger partial charge in [-0.25, -0.2) is 0 Å². The molecule has 0 amide bonds. The average molecular weight is 515 g/mol.